The van der Waals surface area contributed by atoms with E-state index in [0.717, 1.165) is 50.0 Å². The molecule has 3 heteroatoms. The molecule has 3 nitrogen and oxygen atoms in total. The highest BCUT2D eigenvalue weighted by Gasteiger charge is 2.19. The van der Waals surface area contributed by atoms with Gasteiger partial charge in [-0.3, -0.25) is 0 Å². The molecule has 1 aromatic heterocycles. The zero-order valence-electron chi connectivity index (χ0n) is 32.5. The molecule has 0 fully saturated rings. The van der Waals surface area contributed by atoms with Crippen LogP contribution in [-0.4, -0.2) is 9.97 Å². The van der Waals surface area contributed by atoms with Crippen molar-refractivity contribution in [2.75, 3.05) is 0 Å². The maximum absolute atomic E-state index is 7.36. The van der Waals surface area contributed by atoms with Gasteiger partial charge in [0.25, 0.3) is 0 Å². The Bertz CT molecular complexity index is 3470. The summed E-state index contributed by atoms with van der Waals surface area (Å²) in [6, 6.07) is 75.0. The average molecular weight is 762 g/mol. The van der Waals surface area contributed by atoms with Crippen LogP contribution in [0.25, 0.3) is 115 Å². The molecule has 0 aliphatic heterocycles. The molecule has 60 heavy (non-hydrogen) atoms. The van der Waals surface area contributed by atoms with Gasteiger partial charge in [0.15, 0.2) is 11.5 Å². The number of fused-ring (bicyclic) bond motifs is 5. The summed E-state index contributed by atoms with van der Waals surface area (Å²) in [5.74, 6) is 0.676. The normalized spacial score (nSPS) is 11.3. The molecular weight excluding hydrogens is 727 g/mol. The Morgan fingerprint density at radius 3 is 1.57 bits per heavy atom. The maximum atomic E-state index is 7.36. The molecule has 0 amide bonds. The van der Waals surface area contributed by atoms with Crippen molar-refractivity contribution in [2.24, 2.45) is 0 Å². The summed E-state index contributed by atoms with van der Waals surface area (Å²) in [6.07, 6.45) is 0. The van der Waals surface area contributed by atoms with E-state index in [-0.39, 0.29) is 0 Å². The Balaban J connectivity index is 1.06. The number of nitrogens with zero attached hydrogens (tertiary/aromatic N) is 3. The Hall–Kier alpha value is -8.19. The van der Waals surface area contributed by atoms with Crippen molar-refractivity contribution in [3.63, 3.8) is 0 Å². The predicted molar refractivity (Wildman–Crippen MR) is 251 cm³/mol. The molecule has 0 bridgehead atoms. The van der Waals surface area contributed by atoms with E-state index in [4.69, 9.17) is 16.5 Å². The summed E-state index contributed by atoms with van der Waals surface area (Å²) in [4.78, 5) is 13.8. The zero-order valence-corrected chi connectivity index (χ0v) is 32.5. The van der Waals surface area contributed by atoms with Gasteiger partial charge in [0.05, 0.1) is 18.0 Å². The van der Waals surface area contributed by atoms with E-state index >= 15 is 0 Å². The predicted octanol–water partition coefficient (Wildman–Crippen LogP) is 15.6. The van der Waals surface area contributed by atoms with E-state index in [0.29, 0.717) is 11.5 Å². The van der Waals surface area contributed by atoms with Crippen LogP contribution in [0.4, 0.5) is 5.69 Å². The van der Waals surface area contributed by atoms with E-state index in [2.05, 4.69) is 175 Å². The van der Waals surface area contributed by atoms with Crippen molar-refractivity contribution in [1.29, 1.82) is 0 Å². The van der Waals surface area contributed by atoms with Crippen molar-refractivity contribution >= 4 is 48.8 Å². The summed E-state index contributed by atoms with van der Waals surface area (Å²) in [7, 11) is 0. The van der Waals surface area contributed by atoms with Crippen molar-refractivity contribution in [3.8, 4) is 67.3 Å². The van der Waals surface area contributed by atoms with Gasteiger partial charge in [-0.05, 0) is 101 Å². The van der Waals surface area contributed by atoms with Crippen LogP contribution in [0.3, 0.4) is 0 Å². The summed E-state index contributed by atoms with van der Waals surface area (Å²) in [6.45, 7) is 7.36. The molecule has 10 aromatic carbocycles. The van der Waals surface area contributed by atoms with Gasteiger partial charge in [-0.25, -0.2) is 14.8 Å². The van der Waals surface area contributed by atoms with Gasteiger partial charge in [-0.15, -0.1) is 0 Å². The van der Waals surface area contributed by atoms with Crippen LogP contribution in [0.1, 0.15) is 0 Å². The number of benzene rings is 10. The molecule has 0 unspecified atom stereocenters. The lowest BCUT2D eigenvalue weighted by Crippen LogP contribution is -1.96. The van der Waals surface area contributed by atoms with Gasteiger partial charge in [0.2, 0.25) is 0 Å². The second-order valence-corrected chi connectivity index (χ2v) is 15.2. The number of aromatic nitrogens is 2. The number of hydrogen-bond donors (Lipinski definition) is 0. The minimum absolute atomic E-state index is 0.627. The number of hydrogen-bond acceptors (Lipinski definition) is 2. The average Bonchev–Trinajstić information content (AvgIpc) is 3.33. The molecule has 0 N–H and O–H groups in total. The topological polar surface area (TPSA) is 30.1 Å². The Kier molecular flexibility index (Phi) is 8.54. The highest BCUT2D eigenvalue weighted by Crippen LogP contribution is 2.46. The molecule has 11 aromatic rings. The van der Waals surface area contributed by atoms with Gasteiger partial charge in [0, 0.05) is 16.7 Å². The fraction of sp³-hybridized carbons (Fsp3) is 0. The molecular formula is C57H35N3. The molecule has 11 rings (SSSR count). The van der Waals surface area contributed by atoms with Crippen molar-refractivity contribution < 1.29 is 0 Å². The first-order valence-corrected chi connectivity index (χ1v) is 20.2. The van der Waals surface area contributed by atoms with Crippen molar-refractivity contribution in [3.05, 3.63) is 224 Å². The van der Waals surface area contributed by atoms with Crippen molar-refractivity contribution in [2.45, 2.75) is 0 Å². The molecule has 0 aliphatic rings. The van der Waals surface area contributed by atoms with Gasteiger partial charge < -0.3 is 0 Å². The molecule has 0 atom stereocenters. The van der Waals surface area contributed by atoms with Crippen LogP contribution in [0, 0.1) is 6.57 Å². The lowest BCUT2D eigenvalue weighted by Gasteiger charge is -2.19. The fourth-order valence-corrected chi connectivity index (χ4v) is 8.77. The first-order valence-electron chi connectivity index (χ1n) is 20.2. The van der Waals surface area contributed by atoms with Crippen LogP contribution in [0.2, 0.25) is 0 Å². The van der Waals surface area contributed by atoms with Crippen LogP contribution >= 0.6 is 0 Å². The Morgan fingerprint density at radius 2 is 0.850 bits per heavy atom. The lowest BCUT2D eigenvalue weighted by molar-refractivity contribution is 1.18. The monoisotopic (exact) mass is 761 g/mol. The molecule has 0 saturated heterocycles. The molecule has 0 saturated carbocycles. The highest BCUT2D eigenvalue weighted by molar-refractivity contribution is 6.28. The minimum atomic E-state index is 0.627. The van der Waals surface area contributed by atoms with E-state index in [1.54, 1.807) is 0 Å². The van der Waals surface area contributed by atoms with Gasteiger partial charge in [0.1, 0.15) is 0 Å². The molecule has 0 radical (unpaired) electrons. The van der Waals surface area contributed by atoms with Crippen LogP contribution in [0.15, 0.2) is 212 Å². The third-order valence-electron chi connectivity index (χ3n) is 11.6. The van der Waals surface area contributed by atoms with Crippen LogP contribution in [-0.2, 0) is 0 Å². The first kappa shape index (κ1) is 35.0. The summed E-state index contributed by atoms with van der Waals surface area (Å²) < 4.78 is 0. The third-order valence-corrected chi connectivity index (χ3v) is 11.6. The molecule has 1 heterocycles. The summed E-state index contributed by atoms with van der Waals surface area (Å²) >= 11 is 0. The second kappa shape index (κ2) is 14.6. The highest BCUT2D eigenvalue weighted by atomic mass is 14.9. The maximum Gasteiger partial charge on any atom is 0.187 e. The second-order valence-electron chi connectivity index (χ2n) is 15.2. The molecule has 0 aliphatic carbocycles. The Morgan fingerprint density at radius 1 is 0.317 bits per heavy atom. The molecule has 0 spiro atoms. The van der Waals surface area contributed by atoms with Crippen LogP contribution < -0.4 is 0 Å². The van der Waals surface area contributed by atoms with Gasteiger partial charge in [-0.2, -0.15) is 0 Å². The fourth-order valence-electron chi connectivity index (χ4n) is 8.77. The standard InChI is InChI=1S/C57H35N3/c1-58-47-30-27-37(28-31-47)41-18-12-19-44(33-41)52-36-53(60-57(59-52)40-16-6-3-7-17-40)45-25-23-43-35-46(26-24-42(43)34-45)55-50-22-11-10-21-49(50)54(39-14-4-2-5-15-39)51-32-29-38-13-8-9-20-48(38)56(51)55/h2-36H. The first-order chi connectivity index (χ1) is 29.7. The van der Waals surface area contributed by atoms with E-state index in [1.165, 1.54) is 54.6 Å². The van der Waals surface area contributed by atoms with E-state index < -0.39 is 0 Å². The summed E-state index contributed by atoms with van der Waals surface area (Å²) in [5, 5.41) is 9.79. The van der Waals surface area contributed by atoms with E-state index in [9.17, 15) is 0 Å². The summed E-state index contributed by atoms with van der Waals surface area (Å²) in [5.41, 5.74) is 12.4. The largest absolute Gasteiger partial charge is 0.238 e. The smallest absolute Gasteiger partial charge is 0.187 e. The Labute approximate surface area is 348 Å². The van der Waals surface area contributed by atoms with Gasteiger partial charge in [-0.1, -0.05) is 188 Å². The van der Waals surface area contributed by atoms with Crippen molar-refractivity contribution in [1.82, 2.24) is 9.97 Å². The third kappa shape index (κ3) is 6.16. The quantitative estimate of drug-likeness (QED) is 0.0959. The lowest BCUT2D eigenvalue weighted by atomic mass is 9.83. The van der Waals surface area contributed by atoms with Gasteiger partial charge >= 0.3 is 0 Å². The SMILES string of the molecule is [C-]#[N+]c1ccc(-c2cccc(-c3cc(-c4ccc5cc(-c6c7ccccc7c(-c7ccccc7)c7ccc8ccccc8c67)ccc5c4)nc(-c4ccccc4)n3)c2)cc1. The zero-order chi connectivity index (χ0) is 40.0. The van der Waals surface area contributed by atoms with Crippen LogP contribution in [0.5, 0.6) is 0 Å². The minimum Gasteiger partial charge on any atom is -0.238 e. The number of rotatable bonds is 6. The molecule has 278 valence electrons. The van der Waals surface area contributed by atoms with E-state index in [1.807, 2.05) is 42.5 Å².